The summed E-state index contributed by atoms with van der Waals surface area (Å²) in [6, 6.07) is 7.88. The van der Waals surface area contributed by atoms with E-state index < -0.39 is 0 Å². The van der Waals surface area contributed by atoms with Crippen LogP contribution in [-0.2, 0) is 9.53 Å². The van der Waals surface area contributed by atoms with Gasteiger partial charge in [-0.2, -0.15) is 0 Å². The molecule has 1 aromatic rings. The van der Waals surface area contributed by atoms with E-state index in [1.807, 2.05) is 52.0 Å². The van der Waals surface area contributed by atoms with Crippen molar-refractivity contribution in [1.29, 1.82) is 0 Å². The number of amides is 1. The molecule has 1 atom stereocenters. The molecule has 1 rings (SSSR count). The Balaban J connectivity index is 2.47. The first-order valence-electron chi connectivity index (χ1n) is 5.97. The molecular formula is C14H20BrNO2. The van der Waals surface area contributed by atoms with E-state index in [1.165, 1.54) is 0 Å². The van der Waals surface area contributed by atoms with Crippen LogP contribution >= 0.6 is 15.9 Å². The van der Waals surface area contributed by atoms with E-state index in [2.05, 4.69) is 21.2 Å². The van der Waals surface area contributed by atoms with Crippen LogP contribution in [0.4, 0.5) is 0 Å². The lowest BCUT2D eigenvalue weighted by molar-refractivity contribution is -0.131. The minimum absolute atomic E-state index is 0.0193. The molecule has 0 radical (unpaired) electrons. The van der Waals surface area contributed by atoms with Gasteiger partial charge in [-0.25, -0.2) is 0 Å². The molecule has 0 aromatic heterocycles. The Morgan fingerprint density at radius 1 is 1.33 bits per heavy atom. The van der Waals surface area contributed by atoms with Gasteiger partial charge in [0.1, 0.15) is 6.61 Å². The Morgan fingerprint density at radius 2 is 1.89 bits per heavy atom. The molecule has 0 saturated carbocycles. The average molecular weight is 314 g/mol. The highest BCUT2D eigenvalue weighted by Crippen LogP contribution is 2.16. The van der Waals surface area contributed by atoms with Gasteiger partial charge in [0.15, 0.2) is 0 Å². The first-order valence-corrected chi connectivity index (χ1v) is 6.76. The predicted octanol–water partition coefficient (Wildman–Crippen LogP) is 3.44. The second kappa shape index (κ2) is 6.34. The highest BCUT2D eigenvalue weighted by Gasteiger charge is 2.14. The Kier molecular flexibility index (Phi) is 5.35. The van der Waals surface area contributed by atoms with E-state index in [4.69, 9.17) is 4.74 Å². The highest BCUT2D eigenvalue weighted by molar-refractivity contribution is 9.10. The van der Waals surface area contributed by atoms with E-state index in [0.717, 1.165) is 10.0 Å². The second-order valence-electron chi connectivity index (χ2n) is 5.24. The van der Waals surface area contributed by atoms with Gasteiger partial charge in [0, 0.05) is 4.47 Å². The number of carbonyl (C=O) groups excluding carboxylic acids is 1. The van der Waals surface area contributed by atoms with Gasteiger partial charge in [0.25, 0.3) is 0 Å². The fourth-order valence-electron chi connectivity index (χ4n) is 1.40. The van der Waals surface area contributed by atoms with Gasteiger partial charge in [-0.15, -0.1) is 0 Å². The molecule has 0 aliphatic rings. The number of ether oxygens (including phenoxy) is 1. The molecule has 1 N–H and O–H groups in total. The number of carbonyl (C=O) groups is 1. The summed E-state index contributed by atoms with van der Waals surface area (Å²) in [5.74, 6) is -0.0969. The molecular weight excluding hydrogens is 294 g/mol. The first-order chi connectivity index (χ1) is 8.28. The van der Waals surface area contributed by atoms with Crippen LogP contribution in [0, 0.1) is 0 Å². The molecule has 100 valence electrons. The van der Waals surface area contributed by atoms with Crippen LogP contribution in [0.2, 0.25) is 0 Å². The molecule has 0 aliphatic carbocycles. The van der Waals surface area contributed by atoms with Crippen molar-refractivity contribution in [1.82, 2.24) is 5.32 Å². The fourth-order valence-corrected chi connectivity index (χ4v) is 1.66. The zero-order chi connectivity index (χ0) is 13.8. The maximum atomic E-state index is 11.7. The van der Waals surface area contributed by atoms with Gasteiger partial charge < -0.3 is 10.1 Å². The SMILES string of the molecule is CC(NC(=O)COC(C)(C)C)c1ccc(Br)cc1. The van der Waals surface area contributed by atoms with Crippen LogP contribution < -0.4 is 5.32 Å². The van der Waals surface area contributed by atoms with Gasteiger partial charge >= 0.3 is 0 Å². The van der Waals surface area contributed by atoms with Gasteiger partial charge in [0.2, 0.25) is 5.91 Å². The Hall–Kier alpha value is -0.870. The molecule has 1 amide bonds. The Bertz CT molecular complexity index is 395. The van der Waals surface area contributed by atoms with E-state index >= 15 is 0 Å². The smallest absolute Gasteiger partial charge is 0.246 e. The summed E-state index contributed by atoms with van der Waals surface area (Å²) in [5.41, 5.74) is 0.778. The zero-order valence-electron chi connectivity index (χ0n) is 11.3. The van der Waals surface area contributed by atoms with Gasteiger partial charge in [-0.1, -0.05) is 28.1 Å². The first kappa shape index (κ1) is 15.2. The maximum absolute atomic E-state index is 11.7. The molecule has 0 heterocycles. The summed E-state index contributed by atoms with van der Waals surface area (Å²) in [6.07, 6.45) is 0. The summed E-state index contributed by atoms with van der Waals surface area (Å²) in [4.78, 5) is 11.7. The third kappa shape index (κ3) is 5.65. The van der Waals surface area contributed by atoms with Crippen molar-refractivity contribution >= 4 is 21.8 Å². The number of hydrogen-bond donors (Lipinski definition) is 1. The Labute approximate surface area is 117 Å². The molecule has 4 heteroatoms. The highest BCUT2D eigenvalue weighted by atomic mass is 79.9. The van der Waals surface area contributed by atoms with Crippen molar-refractivity contribution in [2.75, 3.05) is 6.61 Å². The lowest BCUT2D eigenvalue weighted by Crippen LogP contribution is -2.33. The van der Waals surface area contributed by atoms with Gasteiger partial charge in [0.05, 0.1) is 11.6 Å². The Morgan fingerprint density at radius 3 is 2.39 bits per heavy atom. The van der Waals surface area contributed by atoms with Crippen molar-refractivity contribution in [2.45, 2.75) is 39.3 Å². The third-order valence-corrected chi connectivity index (χ3v) is 2.91. The molecule has 0 fully saturated rings. The monoisotopic (exact) mass is 313 g/mol. The van der Waals surface area contributed by atoms with Crippen LogP contribution in [0.15, 0.2) is 28.7 Å². The number of rotatable bonds is 4. The molecule has 18 heavy (non-hydrogen) atoms. The lowest BCUT2D eigenvalue weighted by atomic mass is 10.1. The van der Waals surface area contributed by atoms with Crippen molar-refractivity contribution < 1.29 is 9.53 Å². The second-order valence-corrected chi connectivity index (χ2v) is 6.16. The minimum atomic E-state index is -0.293. The van der Waals surface area contributed by atoms with Crippen LogP contribution in [0.3, 0.4) is 0 Å². The summed E-state index contributed by atoms with van der Waals surface area (Å²) in [7, 11) is 0. The molecule has 0 saturated heterocycles. The summed E-state index contributed by atoms with van der Waals surface area (Å²) in [5, 5.41) is 2.91. The standard InChI is InChI=1S/C14H20BrNO2/c1-10(11-5-7-12(15)8-6-11)16-13(17)9-18-14(2,3)4/h5-8,10H,9H2,1-4H3,(H,16,17). The van der Waals surface area contributed by atoms with Crippen LogP contribution in [0.25, 0.3) is 0 Å². The van der Waals surface area contributed by atoms with Crippen molar-refractivity contribution in [2.24, 2.45) is 0 Å². The topological polar surface area (TPSA) is 38.3 Å². The molecule has 1 aromatic carbocycles. The average Bonchev–Trinajstić information content (AvgIpc) is 2.26. The minimum Gasteiger partial charge on any atom is -0.366 e. The normalized spacial score (nSPS) is 13.2. The van der Waals surface area contributed by atoms with E-state index in [-0.39, 0.29) is 24.2 Å². The molecule has 3 nitrogen and oxygen atoms in total. The van der Waals surface area contributed by atoms with E-state index in [0.29, 0.717) is 0 Å². The fraction of sp³-hybridized carbons (Fsp3) is 0.500. The molecule has 1 unspecified atom stereocenters. The van der Waals surface area contributed by atoms with E-state index in [1.54, 1.807) is 0 Å². The molecule has 0 bridgehead atoms. The number of hydrogen-bond acceptors (Lipinski definition) is 2. The van der Waals surface area contributed by atoms with Crippen LogP contribution in [0.5, 0.6) is 0 Å². The molecule has 0 aliphatic heterocycles. The lowest BCUT2D eigenvalue weighted by Gasteiger charge is -2.20. The number of nitrogens with one attached hydrogen (secondary N) is 1. The number of benzene rings is 1. The zero-order valence-corrected chi connectivity index (χ0v) is 12.9. The maximum Gasteiger partial charge on any atom is 0.246 e. The van der Waals surface area contributed by atoms with Crippen molar-refractivity contribution in [3.8, 4) is 0 Å². The quantitative estimate of drug-likeness (QED) is 0.924. The van der Waals surface area contributed by atoms with Crippen LogP contribution in [0.1, 0.15) is 39.3 Å². The van der Waals surface area contributed by atoms with Crippen molar-refractivity contribution in [3.05, 3.63) is 34.3 Å². The number of halogens is 1. The summed E-state index contributed by atoms with van der Waals surface area (Å²) in [6.45, 7) is 7.83. The predicted molar refractivity (Wildman–Crippen MR) is 76.4 cm³/mol. The summed E-state index contributed by atoms with van der Waals surface area (Å²) >= 11 is 3.38. The van der Waals surface area contributed by atoms with E-state index in [9.17, 15) is 4.79 Å². The molecule has 0 spiro atoms. The summed E-state index contributed by atoms with van der Waals surface area (Å²) < 4.78 is 6.46. The van der Waals surface area contributed by atoms with Crippen molar-refractivity contribution in [3.63, 3.8) is 0 Å². The van der Waals surface area contributed by atoms with Gasteiger partial charge in [-0.05, 0) is 45.4 Å². The third-order valence-electron chi connectivity index (χ3n) is 2.38. The largest absolute Gasteiger partial charge is 0.366 e. The van der Waals surface area contributed by atoms with Gasteiger partial charge in [-0.3, -0.25) is 4.79 Å². The van der Waals surface area contributed by atoms with Crippen LogP contribution in [-0.4, -0.2) is 18.1 Å².